The molecule has 0 aromatic rings. The highest BCUT2D eigenvalue weighted by molar-refractivity contribution is 5.77. The first-order chi connectivity index (χ1) is 9.29. The van der Waals surface area contributed by atoms with E-state index in [0.717, 1.165) is 25.7 Å². The second-order valence-corrected chi connectivity index (χ2v) is 6.29. The maximum absolute atomic E-state index is 12.0. The molecule has 0 spiro atoms. The lowest BCUT2D eigenvalue weighted by Gasteiger charge is -2.36. The molecule has 0 aromatic heterocycles. The van der Waals surface area contributed by atoms with Gasteiger partial charge in [0.2, 0.25) is 5.91 Å². The van der Waals surface area contributed by atoms with Gasteiger partial charge in [-0.2, -0.15) is 0 Å². The van der Waals surface area contributed by atoms with Crippen LogP contribution in [-0.2, 0) is 9.59 Å². The van der Waals surface area contributed by atoms with E-state index in [4.69, 9.17) is 10.8 Å². The van der Waals surface area contributed by atoms with Crippen LogP contribution in [0.1, 0.15) is 51.9 Å². The standard InChI is InChI=1S/C14H26N2O4/c1-13(20,8-12(18)19)10-16-11(17)7-14(9-15)5-3-2-4-6-14/h20H,2-10,15H2,1H3,(H,16,17)(H,18,19). The first kappa shape index (κ1) is 16.9. The average molecular weight is 286 g/mol. The van der Waals surface area contributed by atoms with E-state index in [0.29, 0.717) is 13.0 Å². The number of rotatable bonds is 7. The highest BCUT2D eigenvalue weighted by Crippen LogP contribution is 2.38. The molecule has 0 radical (unpaired) electrons. The molecule has 0 heterocycles. The maximum Gasteiger partial charge on any atom is 0.306 e. The molecule has 6 nitrogen and oxygen atoms in total. The summed E-state index contributed by atoms with van der Waals surface area (Å²) in [4.78, 5) is 22.6. The molecule has 1 amide bonds. The van der Waals surface area contributed by atoms with Crippen molar-refractivity contribution >= 4 is 11.9 Å². The molecule has 1 rings (SSSR count). The van der Waals surface area contributed by atoms with Crippen molar-refractivity contribution in [2.75, 3.05) is 13.1 Å². The Morgan fingerprint density at radius 3 is 2.40 bits per heavy atom. The number of aliphatic hydroxyl groups is 1. The van der Waals surface area contributed by atoms with Crippen molar-refractivity contribution in [2.24, 2.45) is 11.1 Å². The number of hydrogen-bond acceptors (Lipinski definition) is 4. The van der Waals surface area contributed by atoms with Gasteiger partial charge in [-0.3, -0.25) is 9.59 Å². The molecule has 0 saturated heterocycles. The number of carbonyl (C=O) groups excluding carboxylic acids is 1. The zero-order valence-electron chi connectivity index (χ0n) is 12.2. The molecular formula is C14H26N2O4. The number of nitrogens with one attached hydrogen (secondary N) is 1. The zero-order valence-corrected chi connectivity index (χ0v) is 12.2. The maximum atomic E-state index is 12.0. The summed E-state index contributed by atoms with van der Waals surface area (Å²) in [5.41, 5.74) is 4.28. The van der Waals surface area contributed by atoms with Crippen molar-refractivity contribution in [3.05, 3.63) is 0 Å². The Balaban J connectivity index is 2.44. The predicted octanol–water partition coefficient (Wildman–Crippen LogP) is 0.628. The fourth-order valence-corrected chi connectivity index (χ4v) is 2.84. The summed E-state index contributed by atoms with van der Waals surface area (Å²) in [6.45, 7) is 1.84. The van der Waals surface area contributed by atoms with Crippen LogP contribution in [0.5, 0.6) is 0 Å². The van der Waals surface area contributed by atoms with Crippen molar-refractivity contribution < 1.29 is 19.8 Å². The molecule has 1 unspecified atom stereocenters. The van der Waals surface area contributed by atoms with Gasteiger partial charge in [-0.1, -0.05) is 19.3 Å². The Labute approximate surface area is 119 Å². The molecule has 0 aromatic carbocycles. The summed E-state index contributed by atoms with van der Waals surface area (Å²) < 4.78 is 0. The summed E-state index contributed by atoms with van der Waals surface area (Å²) in [6, 6.07) is 0. The van der Waals surface area contributed by atoms with Crippen molar-refractivity contribution in [2.45, 2.75) is 57.5 Å². The minimum atomic E-state index is -1.43. The minimum Gasteiger partial charge on any atom is -0.481 e. The van der Waals surface area contributed by atoms with Crippen LogP contribution < -0.4 is 11.1 Å². The Hall–Kier alpha value is -1.14. The van der Waals surface area contributed by atoms with Crippen molar-refractivity contribution in [1.82, 2.24) is 5.32 Å². The molecule has 116 valence electrons. The largest absolute Gasteiger partial charge is 0.481 e. The third kappa shape index (κ3) is 5.46. The van der Waals surface area contributed by atoms with Crippen molar-refractivity contribution in [1.29, 1.82) is 0 Å². The molecule has 1 atom stereocenters. The van der Waals surface area contributed by atoms with E-state index < -0.39 is 18.0 Å². The van der Waals surface area contributed by atoms with Gasteiger partial charge < -0.3 is 21.3 Å². The average Bonchev–Trinajstić information content (AvgIpc) is 2.36. The van der Waals surface area contributed by atoms with Crippen molar-refractivity contribution in [3.63, 3.8) is 0 Å². The molecular weight excluding hydrogens is 260 g/mol. The van der Waals surface area contributed by atoms with Gasteiger partial charge in [0.15, 0.2) is 0 Å². The van der Waals surface area contributed by atoms with Gasteiger partial charge in [0.25, 0.3) is 0 Å². The summed E-state index contributed by atoms with van der Waals surface area (Å²) in [7, 11) is 0. The third-order valence-corrected chi connectivity index (χ3v) is 4.08. The summed E-state index contributed by atoms with van der Waals surface area (Å²) in [6.07, 6.45) is 5.27. The monoisotopic (exact) mass is 286 g/mol. The highest BCUT2D eigenvalue weighted by Gasteiger charge is 2.33. The normalized spacial score (nSPS) is 20.9. The van der Waals surface area contributed by atoms with Gasteiger partial charge >= 0.3 is 5.97 Å². The molecule has 5 N–H and O–H groups in total. The second kappa shape index (κ2) is 7.04. The number of carboxylic acids is 1. The Morgan fingerprint density at radius 2 is 1.90 bits per heavy atom. The highest BCUT2D eigenvalue weighted by atomic mass is 16.4. The molecule has 1 aliphatic carbocycles. The Bertz CT molecular complexity index is 349. The summed E-state index contributed by atoms with van der Waals surface area (Å²) in [5.74, 6) is -1.25. The lowest BCUT2D eigenvalue weighted by molar-refractivity contribution is -0.142. The van der Waals surface area contributed by atoms with Gasteiger partial charge in [-0.25, -0.2) is 0 Å². The molecule has 20 heavy (non-hydrogen) atoms. The quantitative estimate of drug-likeness (QED) is 0.548. The van der Waals surface area contributed by atoms with Crippen LogP contribution in [-0.4, -0.2) is 40.8 Å². The van der Waals surface area contributed by atoms with E-state index in [9.17, 15) is 14.7 Å². The first-order valence-electron chi connectivity index (χ1n) is 7.20. The van der Waals surface area contributed by atoms with E-state index in [-0.39, 0.29) is 17.9 Å². The number of hydrogen-bond donors (Lipinski definition) is 4. The van der Waals surface area contributed by atoms with Crippen LogP contribution >= 0.6 is 0 Å². The van der Waals surface area contributed by atoms with Crippen LogP contribution in [0.25, 0.3) is 0 Å². The van der Waals surface area contributed by atoms with E-state index in [1.54, 1.807) is 0 Å². The molecule has 1 fully saturated rings. The number of amides is 1. The van der Waals surface area contributed by atoms with Gasteiger partial charge in [-0.05, 0) is 31.7 Å². The predicted molar refractivity (Wildman–Crippen MR) is 75.1 cm³/mol. The molecule has 1 aliphatic rings. The van der Waals surface area contributed by atoms with E-state index in [1.807, 2.05) is 0 Å². The lowest BCUT2D eigenvalue weighted by atomic mass is 9.71. The van der Waals surface area contributed by atoms with Crippen LogP contribution in [0.2, 0.25) is 0 Å². The molecule has 0 bridgehead atoms. The fraction of sp³-hybridized carbons (Fsp3) is 0.857. The van der Waals surface area contributed by atoms with Gasteiger partial charge in [0.05, 0.1) is 12.0 Å². The molecule has 1 saturated carbocycles. The Kier molecular flexibility index (Phi) is 5.95. The first-order valence-corrected chi connectivity index (χ1v) is 7.20. The molecule has 6 heteroatoms. The summed E-state index contributed by atoms with van der Waals surface area (Å²) >= 11 is 0. The van der Waals surface area contributed by atoms with Crippen LogP contribution in [0.4, 0.5) is 0 Å². The second-order valence-electron chi connectivity index (χ2n) is 6.29. The third-order valence-electron chi connectivity index (χ3n) is 4.08. The molecule has 0 aliphatic heterocycles. The van der Waals surface area contributed by atoms with Crippen LogP contribution in [0.15, 0.2) is 0 Å². The van der Waals surface area contributed by atoms with Crippen molar-refractivity contribution in [3.8, 4) is 0 Å². The smallest absolute Gasteiger partial charge is 0.306 e. The zero-order chi connectivity index (χ0) is 15.2. The summed E-state index contributed by atoms with van der Waals surface area (Å²) in [5, 5.41) is 21.1. The van der Waals surface area contributed by atoms with E-state index in [1.165, 1.54) is 13.3 Å². The van der Waals surface area contributed by atoms with Gasteiger partial charge in [-0.15, -0.1) is 0 Å². The van der Waals surface area contributed by atoms with Crippen LogP contribution in [0.3, 0.4) is 0 Å². The van der Waals surface area contributed by atoms with E-state index in [2.05, 4.69) is 5.32 Å². The van der Waals surface area contributed by atoms with Crippen LogP contribution in [0, 0.1) is 5.41 Å². The van der Waals surface area contributed by atoms with E-state index >= 15 is 0 Å². The topological polar surface area (TPSA) is 113 Å². The number of carbonyl (C=O) groups is 2. The minimum absolute atomic E-state index is 0.0568. The number of nitrogens with two attached hydrogens (primary N) is 1. The Morgan fingerprint density at radius 1 is 1.30 bits per heavy atom. The van der Waals surface area contributed by atoms with Gasteiger partial charge in [0, 0.05) is 13.0 Å². The number of aliphatic carboxylic acids is 1. The SMILES string of the molecule is CC(O)(CNC(=O)CC1(CN)CCCCC1)CC(=O)O. The number of carboxylic acid groups (broad SMARTS) is 1. The lowest BCUT2D eigenvalue weighted by Crippen LogP contribution is -2.44. The van der Waals surface area contributed by atoms with Gasteiger partial charge in [0.1, 0.15) is 0 Å². The fourth-order valence-electron chi connectivity index (χ4n) is 2.84.